The summed E-state index contributed by atoms with van der Waals surface area (Å²) in [4.78, 5) is 22.5. The van der Waals surface area contributed by atoms with E-state index in [1.54, 1.807) is 24.3 Å². The predicted molar refractivity (Wildman–Crippen MR) is 146 cm³/mol. The van der Waals surface area contributed by atoms with Crippen LogP contribution in [0, 0.1) is 5.82 Å². The summed E-state index contributed by atoms with van der Waals surface area (Å²) in [5.41, 5.74) is 1.09. The first kappa shape index (κ1) is 27.9. The van der Waals surface area contributed by atoms with Crippen LogP contribution >= 0.6 is 0 Å². The SMILES string of the molecule is C/C=C\c1c(C(C)C)nc(C(F)F)n1-c1nc(N2CCOCC2)nc(N2CCC(Oc3ccc(F)cc3)CC2)n1. The van der Waals surface area contributed by atoms with Crippen molar-refractivity contribution in [3.8, 4) is 11.7 Å². The van der Waals surface area contributed by atoms with E-state index in [1.807, 2.05) is 30.6 Å². The van der Waals surface area contributed by atoms with Gasteiger partial charge in [0, 0.05) is 39.0 Å². The molecule has 0 spiro atoms. The molecule has 0 aliphatic carbocycles. The monoisotopic (exact) mass is 557 g/mol. The van der Waals surface area contributed by atoms with Gasteiger partial charge < -0.3 is 19.3 Å². The van der Waals surface area contributed by atoms with Crippen LogP contribution in [0.15, 0.2) is 30.3 Å². The van der Waals surface area contributed by atoms with Crippen LogP contribution in [-0.4, -0.2) is 70.0 Å². The highest BCUT2D eigenvalue weighted by atomic mass is 19.3. The standard InChI is InChI=1S/C28H34F3N7O2/c1-4-5-22-23(18(2)3)32-25(24(30)31)38(22)28-34-26(33-27(35-28)37-14-16-39-17-15-37)36-12-10-21(11-13-36)40-20-8-6-19(29)7-9-20/h4-9,18,21,24H,10-17H2,1-3H3/b5-4-. The molecule has 0 atom stereocenters. The number of anilines is 2. The molecule has 2 fully saturated rings. The molecular weight excluding hydrogens is 523 g/mol. The number of alkyl halides is 2. The Morgan fingerprint density at radius 2 is 1.50 bits per heavy atom. The van der Waals surface area contributed by atoms with Gasteiger partial charge in [0.2, 0.25) is 17.8 Å². The number of halogens is 3. The topological polar surface area (TPSA) is 81.4 Å². The quantitative estimate of drug-likeness (QED) is 0.375. The van der Waals surface area contributed by atoms with Crippen LogP contribution in [-0.2, 0) is 4.74 Å². The summed E-state index contributed by atoms with van der Waals surface area (Å²) in [5, 5.41) is 0. The number of allylic oxidation sites excluding steroid dienone is 1. The van der Waals surface area contributed by atoms with Crippen LogP contribution in [0.5, 0.6) is 5.75 Å². The van der Waals surface area contributed by atoms with Crippen molar-refractivity contribution in [1.82, 2.24) is 24.5 Å². The zero-order chi connectivity index (χ0) is 28.2. The number of imidazole rings is 1. The number of hydrogen-bond donors (Lipinski definition) is 0. The maximum absolute atomic E-state index is 14.3. The number of piperidine rings is 1. The molecule has 4 heterocycles. The first-order valence-corrected chi connectivity index (χ1v) is 13.6. The Labute approximate surface area is 231 Å². The van der Waals surface area contributed by atoms with Crippen molar-refractivity contribution in [3.05, 3.63) is 53.4 Å². The lowest BCUT2D eigenvalue weighted by Crippen LogP contribution is -2.41. The molecule has 0 amide bonds. The van der Waals surface area contributed by atoms with Crippen molar-refractivity contribution in [2.75, 3.05) is 49.2 Å². The van der Waals surface area contributed by atoms with E-state index in [-0.39, 0.29) is 23.8 Å². The molecular formula is C28H34F3N7O2. The third kappa shape index (κ3) is 6.06. The Kier molecular flexibility index (Phi) is 8.53. The lowest BCUT2D eigenvalue weighted by molar-refractivity contribution is 0.122. The molecule has 1 aromatic carbocycles. The minimum Gasteiger partial charge on any atom is -0.490 e. The van der Waals surface area contributed by atoms with Crippen molar-refractivity contribution in [3.63, 3.8) is 0 Å². The number of aromatic nitrogens is 5. The van der Waals surface area contributed by atoms with Crippen molar-refractivity contribution in [2.45, 2.75) is 52.1 Å². The molecule has 214 valence electrons. The highest BCUT2D eigenvalue weighted by molar-refractivity contribution is 5.54. The second-order valence-electron chi connectivity index (χ2n) is 10.1. The van der Waals surface area contributed by atoms with Gasteiger partial charge in [0.05, 0.1) is 24.6 Å². The maximum Gasteiger partial charge on any atom is 0.296 e. The van der Waals surface area contributed by atoms with Crippen molar-refractivity contribution >= 4 is 18.0 Å². The lowest BCUT2D eigenvalue weighted by Gasteiger charge is -2.33. The van der Waals surface area contributed by atoms with Gasteiger partial charge in [0.15, 0.2) is 5.82 Å². The zero-order valence-electron chi connectivity index (χ0n) is 22.9. The summed E-state index contributed by atoms with van der Waals surface area (Å²) >= 11 is 0. The van der Waals surface area contributed by atoms with Crippen molar-refractivity contribution < 1.29 is 22.6 Å². The van der Waals surface area contributed by atoms with Crippen molar-refractivity contribution in [1.29, 1.82) is 0 Å². The molecule has 2 aliphatic heterocycles. The fourth-order valence-electron chi connectivity index (χ4n) is 4.94. The fourth-order valence-corrected chi connectivity index (χ4v) is 4.94. The van der Waals surface area contributed by atoms with Crippen LogP contribution in [0.3, 0.4) is 0 Å². The largest absolute Gasteiger partial charge is 0.490 e. The van der Waals surface area contributed by atoms with E-state index in [9.17, 15) is 13.2 Å². The smallest absolute Gasteiger partial charge is 0.296 e. The Morgan fingerprint density at radius 1 is 0.900 bits per heavy atom. The van der Waals surface area contributed by atoms with Gasteiger partial charge in [-0.15, -0.1) is 0 Å². The van der Waals surface area contributed by atoms with Gasteiger partial charge >= 0.3 is 0 Å². The van der Waals surface area contributed by atoms with Gasteiger partial charge in [-0.1, -0.05) is 19.9 Å². The Bertz CT molecular complexity index is 1320. The molecule has 0 radical (unpaired) electrons. The van der Waals surface area contributed by atoms with Crippen LogP contribution in [0.25, 0.3) is 12.0 Å². The number of morpholine rings is 1. The minimum atomic E-state index is -2.82. The number of benzene rings is 1. The number of ether oxygens (including phenoxy) is 2. The minimum absolute atomic E-state index is 0.0456. The average molecular weight is 558 g/mol. The maximum atomic E-state index is 14.3. The molecule has 40 heavy (non-hydrogen) atoms. The molecule has 0 unspecified atom stereocenters. The van der Waals surface area contributed by atoms with Crippen LogP contribution in [0.2, 0.25) is 0 Å². The highest BCUT2D eigenvalue weighted by Gasteiger charge is 2.29. The van der Waals surface area contributed by atoms with Gasteiger partial charge in [-0.05, 0) is 43.2 Å². The van der Waals surface area contributed by atoms with Gasteiger partial charge in [-0.25, -0.2) is 18.2 Å². The number of hydrogen-bond acceptors (Lipinski definition) is 8. The predicted octanol–water partition coefficient (Wildman–Crippen LogP) is 5.17. The highest BCUT2D eigenvalue weighted by Crippen LogP contribution is 2.31. The zero-order valence-corrected chi connectivity index (χ0v) is 22.9. The fraction of sp³-hybridized carbons (Fsp3) is 0.500. The van der Waals surface area contributed by atoms with E-state index < -0.39 is 12.2 Å². The summed E-state index contributed by atoms with van der Waals surface area (Å²) < 4.78 is 54.8. The molecule has 0 N–H and O–H groups in total. The van der Waals surface area contributed by atoms with E-state index in [2.05, 4.69) is 9.97 Å². The molecule has 2 aliphatic rings. The number of nitrogens with zero attached hydrogens (tertiary/aromatic N) is 7. The molecule has 5 rings (SSSR count). The summed E-state index contributed by atoms with van der Waals surface area (Å²) in [6.45, 7) is 9.09. The summed E-state index contributed by atoms with van der Waals surface area (Å²) in [7, 11) is 0. The molecule has 3 aromatic rings. The van der Waals surface area contributed by atoms with Crippen molar-refractivity contribution in [2.24, 2.45) is 0 Å². The molecule has 2 saturated heterocycles. The van der Waals surface area contributed by atoms with E-state index in [4.69, 9.17) is 19.4 Å². The Morgan fingerprint density at radius 3 is 2.08 bits per heavy atom. The third-order valence-corrected chi connectivity index (χ3v) is 6.97. The van der Waals surface area contributed by atoms with E-state index in [0.29, 0.717) is 81.3 Å². The normalized spacial score (nSPS) is 17.0. The molecule has 9 nitrogen and oxygen atoms in total. The van der Waals surface area contributed by atoms with E-state index in [1.165, 1.54) is 16.7 Å². The summed E-state index contributed by atoms with van der Waals surface area (Å²) in [6.07, 6.45) is 2.09. The second kappa shape index (κ2) is 12.2. The van der Waals surface area contributed by atoms with Gasteiger partial charge in [-0.2, -0.15) is 15.0 Å². The summed E-state index contributed by atoms with van der Waals surface area (Å²) in [5.74, 6) is 0.777. The number of rotatable bonds is 8. The van der Waals surface area contributed by atoms with Gasteiger partial charge in [0.1, 0.15) is 17.7 Å². The van der Waals surface area contributed by atoms with E-state index in [0.717, 1.165) is 0 Å². The van der Waals surface area contributed by atoms with Crippen LogP contribution < -0.4 is 14.5 Å². The van der Waals surface area contributed by atoms with Crippen LogP contribution in [0.4, 0.5) is 25.1 Å². The molecule has 12 heteroatoms. The average Bonchev–Trinajstić information content (AvgIpc) is 3.35. The molecule has 0 saturated carbocycles. The van der Waals surface area contributed by atoms with Gasteiger partial charge in [0.25, 0.3) is 6.43 Å². The van der Waals surface area contributed by atoms with E-state index >= 15 is 0 Å². The second-order valence-corrected chi connectivity index (χ2v) is 10.1. The Hall–Kier alpha value is -3.67. The van der Waals surface area contributed by atoms with Gasteiger partial charge in [-0.3, -0.25) is 4.57 Å². The molecule has 2 aromatic heterocycles. The lowest BCUT2D eigenvalue weighted by atomic mass is 10.1. The van der Waals surface area contributed by atoms with Crippen LogP contribution in [0.1, 0.15) is 63.2 Å². The first-order valence-electron chi connectivity index (χ1n) is 13.6. The summed E-state index contributed by atoms with van der Waals surface area (Å²) in [6, 6.07) is 5.99. The first-order chi connectivity index (χ1) is 19.3. The Balaban J connectivity index is 1.49. The molecule has 0 bridgehead atoms. The third-order valence-electron chi connectivity index (χ3n) is 6.97.